The Kier molecular flexibility index (Phi) is 4.52. The van der Waals surface area contributed by atoms with Gasteiger partial charge in [-0.3, -0.25) is 9.59 Å². The van der Waals surface area contributed by atoms with Crippen LogP contribution in [0.25, 0.3) is 0 Å². The SMILES string of the molecule is CCCCCC1=C[C@@]2(C)C(=CC1=O)CC[C@@H]1[C@@H]2CC[C@]2(C)C(=O)CC[C@@H]12. The van der Waals surface area contributed by atoms with Gasteiger partial charge in [0.2, 0.25) is 0 Å². The highest BCUT2D eigenvalue weighted by atomic mass is 16.1. The van der Waals surface area contributed by atoms with Gasteiger partial charge in [0.1, 0.15) is 5.78 Å². The first-order valence-corrected chi connectivity index (χ1v) is 10.9. The molecule has 0 amide bonds. The van der Waals surface area contributed by atoms with Crippen LogP contribution in [-0.2, 0) is 9.59 Å². The molecule has 0 aromatic heterocycles. The van der Waals surface area contributed by atoms with Gasteiger partial charge in [-0.1, -0.05) is 45.3 Å². The number of rotatable bonds is 4. The van der Waals surface area contributed by atoms with Crippen LogP contribution in [-0.4, -0.2) is 11.6 Å². The fraction of sp³-hybridized carbons (Fsp3) is 0.750. The lowest BCUT2D eigenvalue weighted by atomic mass is 9.48. The summed E-state index contributed by atoms with van der Waals surface area (Å²) in [7, 11) is 0. The van der Waals surface area contributed by atoms with Gasteiger partial charge in [-0.2, -0.15) is 0 Å². The number of ketones is 2. The topological polar surface area (TPSA) is 34.1 Å². The molecule has 0 aromatic carbocycles. The first kappa shape index (κ1) is 18.2. The Morgan fingerprint density at radius 2 is 1.85 bits per heavy atom. The maximum absolute atomic E-state index is 12.6. The molecule has 142 valence electrons. The summed E-state index contributed by atoms with van der Waals surface area (Å²) >= 11 is 0. The van der Waals surface area contributed by atoms with Crippen LogP contribution >= 0.6 is 0 Å². The van der Waals surface area contributed by atoms with Gasteiger partial charge in [-0.25, -0.2) is 0 Å². The van der Waals surface area contributed by atoms with Crippen molar-refractivity contribution in [3.05, 3.63) is 23.3 Å². The Balaban J connectivity index is 1.63. The summed E-state index contributed by atoms with van der Waals surface area (Å²) in [6.07, 6.45) is 15.1. The number of unbranched alkanes of at least 4 members (excludes halogenated alkanes) is 2. The first-order valence-electron chi connectivity index (χ1n) is 10.9. The highest BCUT2D eigenvalue weighted by molar-refractivity contribution is 6.05. The molecule has 0 unspecified atom stereocenters. The second-order valence-electron chi connectivity index (χ2n) is 9.78. The predicted molar refractivity (Wildman–Crippen MR) is 105 cm³/mol. The van der Waals surface area contributed by atoms with E-state index in [2.05, 4.69) is 26.8 Å². The van der Waals surface area contributed by atoms with Gasteiger partial charge >= 0.3 is 0 Å². The highest BCUT2D eigenvalue weighted by Crippen LogP contribution is 2.63. The molecule has 0 spiro atoms. The fourth-order valence-corrected chi connectivity index (χ4v) is 6.91. The zero-order valence-corrected chi connectivity index (χ0v) is 16.8. The molecule has 0 saturated heterocycles. The molecule has 4 aliphatic rings. The molecule has 26 heavy (non-hydrogen) atoms. The molecule has 0 aliphatic heterocycles. The number of hydrogen-bond donors (Lipinski definition) is 0. The molecule has 2 heteroatoms. The Morgan fingerprint density at radius 3 is 2.62 bits per heavy atom. The van der Waals surface area contributed by atoms with Gasteiger partial charge in [-0.15, -0.1) is 0 Å². The van der Waals surface area contributed by atoms with Crippen LogP contribution in [0, 0.1) is 28.6 Å². The molecular formula is C24H34O2. The minimum atomic E-state index is -0.0586. The summed E-state index contributed by atoms with van der Waals surface area (Å²) in [5.41, 5.74) is 2.42. The third-order valence-corrected chi connectivity index (χ3v) is 8.50. The van der Waals surface area contributed by atoms with Gasteiger partial charge in [0, 0.05) is 17.3 Å². The van der Waals surface area contributed by atoms with Crippen LogP contribution in [0.15, 0.2) is 23.3 Å². The van der Waals surface area contributed by atoms with E-state index in [1.807, 2.05) is 6.08 Å². The van der Waals surface area contributed by atoms with Crippen molar-refractivity contribution in [2.24, 2.45) is 28.6 Å². The quantitative estimate of drug-likeness (QED) is 0.597. The van der Waals surface area contributed by atoms with Crippen molar-refractivity contribution in [1.29, 1.82) is 0 Å². The largest absolute Gasteiger partial charge is 0.299 e. The molecule has 0 aromatic rings. The zero-order valence-electron chi connectivity index (χ0n) is 16.8. The van der Waals surface area contributed by atoms with E-state index in [0.717, 1.165) is 50.5 Å². The van der Waals surface area contributed by atoms with Crippen molar-refractivity contribution in [3.8, 4) is 0 Å². The molecular weight excluding hydrogens is 320 g/mol. The summed E-state index contributed by atoms with van der Waals surface area (Å²) in [6, 6.07) is 0. The molecule has 4 aliphatic carbocycles. The monoisotopic (exact) mass is 354 g/mol. The van der Waals surface area contributed by atoms with E-state index >= 15 is 0 Å². The van der Waals surface area contributed by atoms with E-state index in [1.54, 1.807) is 0 Å². The predicted octanol–water partition coefficient (Wildman–Crippen LogP) is 5.81. The summed E-state index contributed by atoms with van der Waals surface area (Å²) in [4.78, 5) is 25.2. The number of fused-ring (bicyclic) bond motifs is 5. The van der Waals surface area contributed by atoms with Crippen molar-refractivity contribution >= 4 is 11.6 Å². The van der Waals surface area contributed by atoms with Crippen LogP contribution in [0.3, 0.4) is 0 Å². The average molecular weight is 355 g/mol. The standard InChI is InChI=1S/C24H34O2/c1-4-5-6-7-16-15-24(3)17(14-21(16)25)8-9-18-19-10-11-22(26)23(19,2)13-12-20(18)24/h14-15,18-20H,4-13H2,1-3H3/t18-,19-,20-,23-,24-/m0/s1. The van der Waals surface area contributed by atoms with Crippen LogP contribution in [0.4, 0.5) is 0 Å². The number of carbonyl (C=O) groups is 2. The second-order valence-corrected chi connectivity index (χ2v) is 9.78. The minimum absolute atomic E-state index is 0.0470. The molecule has 4 rings (SSSR count). The van der Waals surface area contributed by atoms with Crippen LogP contribution in [0.1, 0.15) is 85.0 Å². The lowest BCUT2D eigenvalue weighted by Gasteiger charge is -2.55. The Morgan fingerprint density at radius 1 is 1.04 bits per heavy atom. The van der Waals surface area contributed by atoms with Gasteiger partial charge in [-0.05, 0) is 74.3 Å². The summed E-state index contributed by atoms with van der Waals surface area (Å²) in [5, 5.41) is 0. The molecule has 3 fully saturated rings. The van der Waals surface area contributed by atoms with E-state index in [-0.39, 0.29) is 16.6 Å². The lowest BCUT2D eigenvalue weighted by Crippen LogP contribution is -2.50. The van der Waals surface area contributed by atoms with Crippen molar-refractivity contribution in [3.63, 3.8) is 0 Å². The van der Waals surface area contributed by atoms with Gasteiger partial charge < -0.3 is 0 Å². The number of Topliss-reactive ketones (excluding diaryl/α,β-unsaturated/α-hetero) is 1. The first-order chi connectivity index (χ1) is 12.4. The van der Waals surface area contributed by atoms with Gasteiger partial charge in [0.25, 0.3) is 0 Å². The van der Waals surface area contributed by atoms with Gasteiger partial charge in [0.15, 0.2) is 5.78 Å². The Bertz CT molecular complexity index is 684. The average Bonchev–Trinajstić information content (AvgIpc) is 2.91. The lowest BCUT2D eigenvalue weighted by molar-refractivity contribution is -0.131. The summed E-state index contributed by atoms with van der Waals surface area (Å²) in [5.74, 6) is 2.62. The maximum Gasteiger partial charge on any atom is 0.181 e. The molecule has 0 bridgehead atoms. The van der Waals surface area contributed by atoms with E-state index in [9.17, 15) is 9.59 Å². The van der Waals surface area contributed by atoms with Crippen molar-refractivity contribution in [2.45, 2.75) is 85.0 Å². The minimum Gasteiger partial charge on any atom is -0.299 e. The fourth-order valence-electron chi connectivity index (χ4n) is 6.91. The van der Waals surface area contributed by atoms with Crippen LogP contribution in [0.5, 0.6) is 0 Å². The number of hydrogen-bond acceptors (Lipinski definition) is 2. The van der Waals surface area contributed by atoms with E-state index in [1.165, 1.54) is 24.8 Å². The van der Waals surface area contributed by atoms with E-state index in [0.29, 0.717) is 23.5 Å². The zero-order chi connectivity index (χ0) is 18.5. The molecule has 5 atom stereocenters. The number of allylic oxidation sites excluding steroid dienone is 4. The van der Waals surface area contributed by atoms with Crippen molar-refractivity contribution < 1.29 is 9.59 Å². The van der Waals surface area contributed by atoms with Crippen molar-refractivity contribution in [2.75, 3.05) is 0 Å². The van der Waals surface area contributed by atoms with Crippen LogP contribution < -0.4 is 0 Å². The molecule has 3 saturated carbocycles. The van der Waals surface area contributed by atoms with E-state index in [4.69, 9.17) is 0 Å². The maximum atomic E-state index is 12.6. The van der Waals surface area contributed by atoms with Crippen molar-refractivity contribution in [1.82, 2.24) is 0 Å². The number of carbonyl (C=O) groups excluding carboxylic acids is 2. The third-order valence-electron chi connectivity index (χ3n) is 8.50. The molecule has 2 nitrogen and oxygen atoms in total. The normalized spacial score (nSPS) is 41.9. The summed E-state index contributed by atoms with van der Waals surface area (Å²) < 4.78 is 0. The Labute approximate surface area is 158 Å². The van der Waals surface area contributed by atoms with E-state index < -0.39 is 0 Å². The molecule has 0 heterocycles. The second kappa shape index (κ2) is 6.46. The van der Waals surface area contributed by atoms with Crippen LogP contribution in [0.2, 0.25) is 0 Å². The third kappa shape index (κ3) is 2.59. The van der Waals surface area contributed by atoms with Gasteiger partial charge in [0.05, 0.1) is 0 Å². The molecule has 0 radical (unpaired) electrons. The molecule has 0 N–H and O–H groups in total. The highest BCUT2D eigenvalue weighted by Gasteiger charge is 2.58. The smallest absolute Gasteiger partial charge is 0.181 e. The summed E-state index contributed by atoms with van der Waals surface area (Å²) in [6.45, 7) is 6.85. The Hall–Kier alpha value is -1.18.